The second-order valence-corrected chi connectivity index (χ2v) is 7.93. The minimum absolute atomic E-state index is 0.0509. The van der Waals surface area contributed by atoms with Crippen molar-refractivity contribution in [1.82, 2.24) is 0 Å². The van der Waals surface area contributed by atoms with Gasteiger partial charge >= 0.3 is 0 Å². The Kier molecular flexibility index (Phi) is 5.33. The van der Waals surface area contributed by atoms with Crippen molar-refractivity contribution in [2.75, 3.05) is 0 Å². The Labute approximate surface area is 182 Å². The lowest BCUT2D eigenvalue weighted by atomic mass is 9.73. The molecule has 5 aromatic rings. The van der Waals surface area contributed by atoms with Crippen LogP contribution in [-0.4, -0.2) is 0 Å². The second-order valence-electron chi connectivity index (χ2n) is 7.93. The Balaban J connectivity index is 1.75. The molecule has 0 amide bonds. The Hall–Kier alpha value is -3.71. The smallest absolute Gasteiger partial charge is 0.123 e. The summed E-state index contributed by atoms with van der Waals surface area (Å²) in [5.41, 5.74) is 4.82. The van der Waals surface area contributed by atoms with Crippen molar-refractivity contribution in [3.63, 3.8) is 0 Å². The summed E-state index contributed by atoms with van der Waals surface area (Å²) in [4.78, 5) is 0. The molecule has 0 fully saturated rings. The lowest BCUT2D eigenvalue weighted by molar-refractivity contribution is 0.624. The molecule has 0 aliphatic rings. The first kappa shape index (κ1) is 19.3. The van der Waals surface area contributed by atoms with E-state index in [1.807, 2.05) is 12.1 Å². The normalized spacial score (nSPS) is 12.2. The molecule has 0 bridgehead atoms. The molecule has 5 aromatic carbocycles. The van der Waals surface area contributed by atoms with Crippen LogP contribution in [0.4, 0.5) is 4.39 Å². The Morgan fingerprint density at radius 2 is 0.839 bits per heavy atom. The van der Waals surface area contributed by atoms with Crippen LogP contribution >= 0.6 is 0 Å². The predicted molar refractivity (Wildman–Crippen MR) is 127 cm³/mol. The molecule has 150 valence electrons. The van der Waals surface area contributed by atoms with E-state index >= 15 is 0 Å². The van der Waals surface area contributed by atoms with Crippen LogP contribution in [0.2, 0.25) is 0 Å². The summed E-state index contributed by atoms with van der Waals surface area (Å²) in [6, 6.07) is 43.3. The van der Waals surface area contributed by atoms with Gasteiger partial charge in [-0.1, -0.05) is 115 Å². The van der Waals surface area contributed by atoms with Gasteiger partial charge in [-0.15, -0.1) is 0 Å². The van der Waals surface area contributed by atoms with Crippen LogP contribution in [0.25, 0.3) is 10.8 Å². The Bertz CT molecular complexity index is 1240. The quantitative estimate of drug-likeness (QED) is 0.280. The van der Waals surface area contributed by atoms with Crippen molar-refractivity contribution >= 4 is 10.8 Å². The fraction of sp³-hybridized carbons (Fsp3) is 0.0667. The van der Waals surface area contributed by atoms with Crippen molar-refractivity contribution in [1.29, 1.82) is 0 Å². The number of halogens is 1. The molecule has 1 atom stereocenters. The molecule has 1 unspecified atom stereocenters. The van der Waals surface area contributed by atoms with Gasteiger partial charge in [0.05, 0.1) is 0 Å². The lowest BCUT2D eigenvalue weighted by Gasteiger charge is -2.30. The molecule has 0 spiro atoms. The lowest BCUT2D eigenvalue weighted by Crippen LogP contribution is -2.15. The summed E-state index contributed by atoms with van der Waals surface area (Å²) in [6.07, 6.45) is 0. The highest BCUT2D eigenvalue weighted by molar-refractivity contribution is 5.83. The second kappa shape index (κ2) is 8.57. The molecule has 0 saturated heterocycles. The molecule has 0 aromatic heterocycles. The van der Waals surface area contributed by atoms with Gasteiger partial charge in [-0.3, -0.25) is 0 Å². The summed E-state index contributed by atoms with van der Waals surface area (Å²) < 4.78 is 13.8. The molecule has 0 radical (unpaired) electrons. The van der Waals surface area contributed by atoms with Gasteiger partial charge in [0, 0.05) is 11.8 Å². The summed E-state index contributed by atoms with van der Waals surface area (Å²) in [5.74, 6) is -0.0546. The van der Waals surface area contributed by atoms with E-state index in [1.165, 1.54) is 27.5 Å². The fourth-order valence-electron chi connectivity index (χ4n) is 4.55. The standard InChI is InChI=1S/C30H23F/c31-28-19-17-25(18-20-28)30(27-16-15-22-9-7-8-14-26(22)21-27)29(23-10-3-1-4-11-23)24-12-5-2-6-13-24/h1-21,29-30H. The minimum atomic E-state index is -0.211. The first-order chi connectivity index (χ1) is 15.3. The van der Waals surface area contributed by atoms with Crippen LogP contribution in [0.5, 0.6) is 0 Å². The Morgan fingerprint density at radius 3 is 1.45 bits per heavy atom. The molecule has 31 heavy (non-hydrogen) atoms. The van der Waals surface area contributed by atoms with E-state index in [4.69, 9.17) is 0 Å². The third kappa shape index (κ3) is 4.00. The van der Waals surface area contributed by atoms with Crippen LogP contribution in [0.1, 0.15) is 34.1 Å². The van der Waals surface area contributed by atoms with E-state index in [0.29, 0.717) is 0 Å². The van der Waals surface area contributed by atoms with Crippen molar-refractivity contribution in [2.24, 2.45) is 0 Å². The molecule has 0 aliphatic heterocycles. The molecule has 0 saturated carbocycles. The maximum Gasteiger partial charge on any atom is 0.123 e. The number of benzene rings is 5. The van der Waals surface area contributed by atoms with Gasteiger partial charge < -0.3 is 0 Å². The number of hydrogen-bond acceptors (Lipinski definition) is 0. The topological polar surface area (TPSA) is 0 Å². The number of fused-ring (bicyclic) bond motifs is 1. The molecule has 0 N–H and O–H groups in total. The first-order valence-corrected chi connectivity index (χ1v) is 10.6. The van der Waals surface area contributed by atoms with E-state index < -0.39 is 0 Å². The number of rotatable bonds is 5. The van der Waals surface area contributed by atoms with Gasteiger partial charge in [0.2, 0.25) is 0 Å². The maximum absolute atomic E-state index is 13.8. The van der Waals surface area contributed by atoms with Crippen LogP contribution in [-0.2, 0) is 0 Å². The van der Waals surface area contributed by atoms with Crippen molar-refractivity contribution in [3.8, 4) is 0 Å². The molecule has 0 aliphatic carbocycles. The van der Waals surface area contributed by atoms with Gasteiger partial charge in [-0.05, 0) is 45.2 Å². The first-order valence-electron chi connectivity index (χ1n) is 10.6. The summed E-state index contributed by atoms with van der Waals surface area (Å²) in [5, 5.41) is 2.44. The van der Waals surface area contributed by atoms with E-state index in [9.17, 15) is 4.39 Å². The zero-order valence-corrected chi connectivity index (χ0v) is 17.2. The minimum Gasteiger partial charge on any atom is -0.207 e. The largest absolute Gasteiger partial charge is 0.207 e. The van der Waals surface area contributed by atoms with Crippen LogP contribution < -0.4 is 0 Å². The highest BCUT2D eigenvalue weighted by Gasteiger charge is 2.28. The third-order valence-electron chi connectivity index (χ3n) is 6.01. The summed E-state index contributed by atoms with van der Waals surface area (Å²) in [6.45, 7) is 0. The molecule has 0 nitrogen and oxygen atoms in total. The molecule has 1 heteroatoms. The van der Waals surface area contributed by atoms with Crippen molar-refractivity contribution in [3.05, 3.63) is 155 Å². The van der Waals surface area contributed by atoms with Crippen LogP contribution in [0.3, 0.4) is 0 Å². The predicted octanol–water partition coefficient (Wildman–Crippen LogP) is 7.94. The van der Waals surface area contributed by atoms with Gasteiger partial charge in [0.15, 0.2) is 0 Å². The van der Waals surface area contributed by atoms with Crippen molar-refractivity contribution in [2.45, 2.75) is 11.8 Å². The SMILES string of the molecule is Fc1ccc(C(c2ccc3ccccc3c2)C(c2ccccc2)c2ccccc2)cc1. The van der Waals surface area contributed by atoms with Gasteiger partial charge in [0.25, 0.3) is 0 Å². The average molecular weight is 403 g/mol. The van der Waals surface area contributed by atoms with Gasteiger partial charge in [0.1, 0.15) is 5.82 Å². The van der Waals surface area contributed by atoms with E-state index in [1.54, 1.807) is 12.1 Å². The molecular weight excluding hydrogens is 379 g/mol. The summed E-state index contributed by atoms with van der Waals surface area (Å²) >= 11 is 0. The average Bonchev–Trinajstić information content (AvgIpc) is 2.84. The van der Waals surface area contributed by atoms with Crippen LogP contribution in [0.15, 0.2) is 127 Å². The van der Waals surface area contributed by atoms with Gasteiger partial charge in [-0.25, -0.2) is 4.39 Å². The molecule has 5 rings (SSSR count). The fourth-order valence-corrected chi connectivity index (χ4v) is 4.55. The monoisotopic (exact) mass is 402 g/mol. The van der Waals surface area contributed by atoms with E-state index in [-0.39, 0.29) is 17.7 Å². The summed E-state index contributed by atoms with van der Waals surface area (Å²) in [7, 11) is 0. The maximum atomic E-state index is 13.8. The van der Waals surface area contributed by atoms with Crippen molar-refractivity contribution < 1.29 is 4.39 Å². The third-order valence-corrected chi connectivity index (χ3v) is 6.01. The van der Waals surface area contributed by atoms with E-state index in [0.717, 1.165) is 5.56 Å². The highest BCUT2D eigenvalue weighted by atomic mass is 19.1. The van der Waals surface area contributed by atoms with E-state index in [2.05, 4.69) is 103 Å². The van der Waals surface area contributed by atoms with Crippen LogP contribution in [0, 0.1) is 5.82 Å². The van der Waals surface area contributed by atoms with Gasteiger partial charge in [-0.2, -0.15) is 0 Å². The molecule has 0 heterocycles. The molecular formula is C30H23F. The Morgan fingerprint density at radius 1 is 0.387 bits per heavy atom. The highest BCUT2D eigenvalue weighted by Crippen LogP contribution is 2.43. The zero-order valence-electron chi connectivity index (χ0n) is 17.2. The number of hydrogen-bond donors (Lipinski definition) is 0. The zero-order chi connectivity index (χ0) is 21.0.